The van der Waals surface area contributed by atoms with Gasteiger partial charge in [0.1, 0.15) is 11.3 Å². The normalized spacial score (nSPS) is 14.4. The first-order valence-corrected chi connectivity index (χ1v) is 9.81. The Bertz CT molecular complexity index is 942. The van der Waals surface area contributed by atoms with E-state index in [0.717, 1.165) is 10.3 Å². The smallest absolute Gasteiger partial charge is 0.291 e. The summed E-state index contributed by atoms with van der Waals surface area (Å²) >= 11 is 1.63. The topological polar surface area (TPSA) is 71.8 Å². The molecule has 1 aliphatic rings. The van der Waals surface area contributed by atoms with Gasteiger partial charge in [-0.1, -0.05) is 18.2 Å². The van der Waals surface area contributed by atoms with Crippen LogP contribution in [0.2, 0.25) is 0 Å². The summed E-state index contributed by atoms with van der Waals surface area (Å²) in [6.07, 6.45) is 1.03. The molecule has 0 unspecified atom stereocenters. The maximum absolute atomic E-state index is 12.9. The molecule has 0 saturated carbocycles. The number of anilines is 1. The van der Waals surface area contributed by atoms with Crippen LogP contribution in [0.4, 0.5) is 5.69 Å². The Kier molecular flexibility index (Phi) is 5.22. The number of nitrogens with zero attached hydrogens (tertiary/aromatic N) is 1. The molecule has 3 aromatic rings. The monoisotopic (exact) mass is 384 g/mol. The fraction of sp³-hybridized carbons (Fsp3) is 0.300. The highest BCUT2D eigenvalue weighted by atomic mass is 32.1. The van der Waals surface area contributed by atoms with E-state index in [9.17, 15) is 9.59 Å². The number of hydrogen-bond donors (Lipinski definition) is 1. The first-order valence-electron chi connectivity index (χ1n) is 8.93. The lowest BCUT2D eigenvalue weighted by Gasteiger charge is -2.26. The summed E-state index contributed by atoms with van der Waals surface area (Å²) in [5, 5.41) is 5.64. The number of benzene rings is 1. The average molecular weight is 384 g/mol. The number of nitrogens with one attached hydrogen (secondary N) is 1. The van der Waals surface area contributed by atoms with Crippen LogP contribution in [0.3, 0.4) is 0 Å². The number of amides is 2. The van der Waals surface area contributed by atoms with Crippen molar-refractivity contribution in [3.63, 3.8) is 0 Å². The van der Waals surface area contributed by atoms with Crippen molar-refractivity contribution in [3.8, 4) is 0 Å². The maximum Gasteiger partial charge on any atom is 0.291 e. The van der Waals surface area contributed by atoms with E-state index < -0.39 is 0 Å². The molecule has 2 aromatic heterocycles. The summed E-state index contributed by atoms with van der Waals surface area (Å²) in [6, 6.07) is 11.3. The molecular formula is C20H20N2O4S. The van der Waals surface area contributed by atoms with Crippen molar-refractivity contribution in [2.75, 3.05) is 31.6 Å². The molecule has 140 valence electrons. The number of hydrogen-bond acceptors (Lipinski definition) is 5. The van der Waals surface area contributed by atoms with E-state index >= 15 is 0 Å². The van der Waals surface area contributed by atoms with E-state index in [-0.39, 0.29) is 17.6 Å². The number of rotatable bonds is 5. The standard InChI is InChI=1S/C20H20N2O4S/c23-17(8-7-14-4-3-13-27-14)21-18-15-5-1-2-6-16(15)26-19(18)20(24)22-9-11-25-12-10-22/h1-6,13H,7-12H2,(H,21,23). The van der Waals surface area contributed by atoms with Crippen LogP contribution in [0.5, 0.6) is 0 Å². The van der Waals surface area contributed by atoms with Crippen molar-refractivity contribution in [1.82, 2.24) is 4.90 Å². The summed E-state index contributed by atoms with van der Waals surface area (Å²) in [5.41, 5.74) is 1.04. The lowest BCUT2D eigenvalue weighted by molar-refractivity contribution is -0.116. The molecule has 4 rings (SSSR count). The van der Waals surface area contributed by atoms with Gasteiger partial charge < -0.3 is 19.4 Å². The molecule has 1 aliphatic heterocycles. The summed E-state index contributed by atoms with van der Waals surface area (Å²) in [4.78, 5) is 28.3. The molecule has 0 spiro atoms. The van der Waals surface area contributed by atoms with Gasteiger partial charge in [-0.15, -0.1) is 11.3 Å². The molecule has 1 aromatic carbocycles. The number of morpholine rings is 1. The highest BCUT2D eigenvalue weighted by Gasteiger charge is 2.27. The Morgan fingerprint density at radius 2 is 1.93 bits per heavy atom. The number of para-hydroxylation sites is 1. The Balaban J connectivity index is 1.57. The molecule has 2 amide bonds. The lowest BCUT2D eigenvalue weighted by atomic mass is 10.2. The number of thiophene rings is 1. The number of carbonyl (C=O) groups is 2. The quantitative estimate of drug-likeness (QED) is 0.730. The average Bonchev–Trinajstić information content (AvgIpc) is 3.35. The number of ether oxygens (including phenoxy) is 1. The van der Waals surface area contributed by atoms with Gasteiger partial charge in [-0.05, 0) is 30.0 Å². The maximum atomic E-state index is 12.9. The largest absolute Gasteiger partial charge is 0.449 e. The summed E-state index contributed by atoms with van der Waals surface area (Å²) in [7, 11) is 0. The third kappa shape index (κ3) is 3.89. The van der Waals surface area contributed by atoms with Crippen LogP contribution in [-0.4, -0.2) is 43.0 Å². The Hall–Kier alpha value is -2.64. The van der Waals surface area contributed by atoms with Gasteiger partial charge in [-0.25, -0.2) is 0 Å². The molecule has 7 heteroatoms. The number of fused-ring (bicyclic) bond motifs is 1. The van der Waals surface area contributed by atoms with E-state index in [1.165, 1.54) is 0 Å². The Morgan fingerprint density at radius 3 is 2.70 bits per heavy atom. The van der Waals surface area contributed by atoms with Gasteiger partial charge in [0, 0.05) is 29.8 Å². The predicted octanol–water partition coefficient (Wildman–Crippen LogP) is 3.54. The molecule has 1 fully saturated rings. The zero-order valence-corrected chi connectivity index (χ0v) is 15.6. The number of carbonyl (C=O) groups excluding carboxylic acids is 2. The van der Waals surface area contributed by atoms with E-state index in [4.69, 9.17) is 9.15 Å². The zero-order chi connectivity index (χ0) is 18.6. The van der Waals surface area contributed by atoms with Crippen LogP contribution in [0, 0.1) is 0 Å². The molecule has 0 atom stereocenters. The minimum Gasteiger partial charge on any atom is -0.449 e. The van der Waals surface area contributed by atoms with E-state index in [2.05, 4.69) is 5.32 Å². The van der Waals surface area contributed by atoms with Gasteiger partial charge >= 0.3 is 0 Å². The minimum absolute atomic E-state index is 0.133. The predicted molar refractivity (Wildman–Crippen MR) is 104 cm³/mol. The van der Waals surface area contributed by atoms with E-state index in [1.807, 2.05) is 35.7 Å². The summed E-state index contributed by atoms with van der Waals surface area (Å²) in [5.74, 6) is -0.170. The molecule has 0 aliphatic carbocycles. The fourth-order valence-electron chi connectivity index (χ4n) is 3.12. The second kappa shape index (κ2) is 7.94. The van der Waals surface area contributed by atoms with Crippen LogP contribution in [0.15, 0.2) is 46.2 Å². The highest BCUT2D eigenvalue weighted by molar-refractivity contribution is 7.09. The van der Waals surface area contributed by atoms with Crippen molar-refractivity contribution < 1.29 is 18.7 Å². The fourth-order valence-corrected chi connectivity index (χ4v) is 3.83. The van der Waals surface area contributed by atoms with Crippen LogP contribution in [0.1, 0.15) is 21.9 Å². The third-order valence-corrected chi connectivity index (χ3v) is 5.47. The van der Waals surface area contributed by atoms with Crippen LogP contribution < -0.4 is 5.32 Å². The molecular weight excluding hydrogens is 364 g/mol. The van der Waals surface area contributed by atoms with Gasteiger partial charge in [0.05, 0.1) is 13.2 Å². The first kappa shape index (κ1) is 17.8. The molecule has 1 N–H and O–H groups in total. The van der Waals surface area contributed by atoms with Gasteiger partial charge in [0.2, 0.25) is 11.7 Å². The van der Waals surface area contributed by atoms with Crippen molar-refractivity contribution >= 4 is 39.8 Å². The molecule has 0 radical (unpaired) electrons. The summed E-state index contributed by atoms with van der Waals surface area (Å²) < 4.78 is 11.1. The second-order valence-electron chi connectivity index (χ2n) is 6.33. The van der Waals surface area contributed by atoms with Crippen molar-refractivity contribution in [2.24, 2.45) is 0 Å². The van der Waals surface area contributed by atoms with Gasteiger partial charge in [0.15, 0.2) is 0 Å². The molecule has 1 saturated heterocycles. The second-order valence-corrected chi connectivity index (χ2v) is 7.37. The number of furan rings is 1. The third-order valence-electron chi connectivity index (χ3n) is 4.53. The SMILES string of the molecule is O=C(CCc1cccs1)Nc1c(C(=O)N2CCOCC2)oc2ccccc12. The van der Waals surface area contributed by atoms with Crippen LogP contribution in [-0.2, 0) is 16.0 Å². The van der Waals surface area contributed by atoms with E-state index in [1.54, 1.807) is 22.3 Å². The Labute approximate surface area is 160 Å². The molecule has 27 heavy (non-hydrogen) atoms. The zero-order valence-electron chi connectivity index (χ0n) is 14.8. The highest BCUT2D eigenvalue weighted by Crippen LogP contribution is 2.32. The van der Waals surface area contributed by atoms with E-state index in [0.29, 0.717) is 50.4 Å². The van der Waals surface area contributed by atoms with Gasteiger partial charge in [-0.3, -0.25) is 9.59 Å². The van der Waals surface area contributed by atoms with Crippen LogP contribution in [0.25, 0.3) is 11.0 Å². The Morgan fingerprint density at radius 1 is 1.11 bits per heavy atom. The molecule has 3 heterocycles. The van der Waals surface area contributed by atoms with Crippen molar-refractivity contribution in [2.45, 2.75) is 12.8 Å². The summed E-state index contributed by atoms with van der Waals surface area (Å²) in [6.45, 7) is 2.05. The lowest BCUT2D eigenvalue weighted by Crippen LogP contribution is -2.40. The van der Waals surface area contributed by atoms with Crippen LogP contribution >= 0.6 is 11.3 Å². The molecule has 0 bridgehead atoms. The van der Waals surface area contributed by atoms with Crippen molar-refractivity contribution in [1.29, 1.82) is 0 Å². The van der Waals surface area contributed by atoms with Gasteiger partial charge in [0.25, 0.3) is 5.91 Å². The van der Waals surface area contributed by atoms with Gasteiger partial charge in [-0.2, -0.15) is 0 Å². The molecule has 6 nitrogen and oxygen atoms in total. The first-order chi connectivity index (χ1) is 13.2. The van der Waals surface area contributed by atoms with Crippen molar-refractivity contribution in [3.05, 3.63) is 52.4 Å². The number of aryl methyl sites for hydroxylation is 1. The minimum atomic E-state index is -0.219.